The summed E-state index contributed by atoms with van der Waals surface area (Å²) in [5, 5.41) is 3.07. The largest absolute Gasteiger partial charge is 0.353 e. The van der Waals surface area contributed by atoms with E-state index in [1.54, 1.807) is 0 Å². The number of benzene rings is 1. The predicted molar refractivity (Wildman–Crippen MR) is 99.2 cm³/mol. The molecule has 1 aliphatic carbocycles. The van der Waals surface area contributed by atoms with E-state index in [1.807, 2.05) is 11.0 Å². The maximum Gasteiger partial charge on any atom is 0.223 e. The van der Waals surface area contributed by atoms with Gasteiger partial charge < -0.3 is 10.2 Å². The van der Waals surface area contributed by atoms with Crippen molar-refractivity contribution < 1.29 is 9.59 Å². The lowest BCUT2D eigenvalue weighted by Gasteiger charge is -2.21. The average molecular weight is 342 g/mol. The van der Waals surface area contributed by atoms with Gasteiger partial charge in [-0.15, -0.1) is 0 Å². The van der Waals surface area contributed by atoms with Crippen molar-refractivity contribution in [2.24, 2.45) is 0 Å². The Balaban J connectivity index is 1.42. The van der Waals surface area contributed by atoms with Gasteiger partial charge in [0.2, 0.25) is 11.8 Å². The second-order valence-electron chi connectivity index (χ2n) is 7.47. The molecule has 1 atom stereocenters. The summed E-state index contributed by atoms with van der Waals surface area (Å²) in [6.45, 7) is 1.63. The van der Waals surface area contributed by atoms with Gasteiger partial charge in [-0.2, -0.15) is 0 Å². The molecule has 4 nitrogen and oxygen atoms in total. The third-order valence-electron chi connectivity index (χ3n) is 5.64. The number of amides is 2. The predicted octanol–water partition coefficient (Wildman–Crippen LogP) is 3.62. The van der Waals surface area contributed by atoms with Crippen LogP contribution in [0.4, 0.5) is 0 Å². The topological polar surface area (TPSA) is 49.4 Å². The van der Waals surface area contributed by atoms with Crippen LogP contribution in [-0.2, 0) is 9.59 Å². The van der Waals surface area contributed by atoms with Crippen molar-refractivity contribution in [1.29, 1.82) is 0 Å². The highest BCUT2D eigenvalue weighted by Gasteiger charge is 2.22. The summed E-state index contributed by atoms with van der Waals surface area (Å²) < 4.78 is 0. The Bertz CT molecular complexity index is 567. The van der Waals surface area contributed by atoms with E-state index in [4.69, 9.17) is 0 Å². The Labute approximate surface area is 151 Å². The Hall–Kier alpha value is -1.84. The maximum atomic E-state index is 12.5. The smallest absolute Gasteiger partial charge is 0.223 e. The second-order valence-corrected chi connectivity index (χ2v) is 7.47. The van der Waals surface area contributed by atoms with Crippen LogP contribution in [0.5, 0.6) is 0 Å². The summed E-state index contributed by atoms with van der Waals surface area (Å²) >= 11 is 0. The van der Waals surface area contributed by atoms with E-state index >= 15 is 0 Å². The van der Waals surface area contributed by atoms with Crippen LogP contribution in [0.1, 0.15) is 69.3 Å². The number of rotatable bonds is 5. The van der Waals surface area contributed by atoms with Gasteiger partial charge in [0.25, 0.3) is 0 Å². The Morgan fingerprint density at radius 3 is 2.44 bits per heavy atom. The zero-order valence-electron chi connectivity index (χ0n) is 15.1. The molecule has 4 heteroatoms. The molecule has 0 aromatic heterocycles. The molecule has 1 aromatic carbocycles. The molecule has 1 saturated carbocycles. The molecule has 0 spiro atoms. The lowest BCUT2D eigenvalue weighted by Crippen LogP contribution is -2.35. The van der Waals surface area contributed by atoms with E-state index < -0.39 is 0 Å². The zero-order valence-corrected chi connectivity index (χ0v) is 15.1. The fraction of sp³-hybridized carbons (Fsp3) is 0.619. The number of carbonyl (C=O) groups excluding carboxylic acids is 2. The standard InChI is InChI=1S/C21H30N2O2/c24-20(22-19-10-4-5-11-19)12-13-21(25)23-15-6-9-18(14-16-23)17-7-2-1-3-8-17/h1-3,7-8,18-19H,4-6,9-16H2,(H,22,24). The molecule has 136 valence electrons. The molecular weight excluding hydrogens is 312 g/mol. The Morgan fingerprint density at radius 2 is 1.68 bits per heavy atom. The number of nitrogens with zero attached hydrogens (tertiary/aromatic N) is 1. The van der Waals surface area contributed by atoms with E-state index in [0.29, 0.717) is 24.8 Å². The second kappa shape index (κ2) is 9.02. The van der Waals surface area contributed by atoms with Crippen LogP contribution in [-0.4, -0.2) is 35.8 Å². The van der Waals surface area contributed by atoms with Gasteiger partial charge in [0.15, 0.2) is 0 Å². The van der Waals surface area contributed by atoms with Crippen molar-refractivity contribution in [1.82, 2.24) is 10.2 Å². The van der Waals surface area contributed by atoms with Gasteiger partial charge in [-0.1, -0.05) is 43.2 Å². The molecule has 0 bridgehead atoms. The van der Waals surface area contributed by atoms with Crippen LogP contribution < -0.4 is 5.32 Å². The molecule has 1 aliphatic heterocycles. The third kappa shape index (κ3) is 5.32. The first-order chi connectivity index (χ1) is 12.2. The van der Waals surface area contributed by atoms with Gasteiger partial charge in [0, 0.05) is 32.0 Å². The first-order valence-electron chi connectivity index (χ1n) is 9.84. The Morgan fingerprint density at radius 1 is 0.920 bits per heavy atom. The molecule has 2 fully saturated rings. The lowest BCUT2D eigenvalue weighted by atomic mass is 9.92. The van der Waals surface area contributed by atoms with E-state index in [2.05, 4.69) is 29.6 Å². The number of likely N-dealkylation sites (tertiary alicyclic amines) is 1. The molecule has 25 heavy (non-hydrogen) atoms. The fourth-order valence-corrected chi connectivity index (χ4v) is 4.15. The van der Waals surface area contributed by atoms with Crippen LogP contribution in [0.25, 0.3) is 0 Å². The van der Waals surface area contributed by atoms with Crippen LogP contribution >= 0.6 is 0 Å². The lowest BCUT2D eigenvalue weighted by molar-refractivity contribution is -0.133. The molecule has 3 rings (SSSR count). The van der Waals surface area contributed by atoms with Crippen molar-refractivity contribution in [3.05, 3.63) is 35.9 Å². The van der Waals surface area contributed by atoms with Gasteiger partial charge in [0.1, 0.15) is 0 Å². The van der Waals surface area contributed by atoms with Crippen molar-refractivity contribution in [3.8, 4) is 0 Å². The van der Waals surface area contributed by atoms with E-state index in [-0.39, 0.29) is 11.8 Å². The summed E-state index contributed by atoms with van der Waals surface area (Å²) in [5.41, 5.74) is 1.38. The summed E-state index contributed by atoms with van der Waals surface area (Å²) in [6, 6.07) is 10.9. The number of hydrogen-bond acceptors (Lipinski definition) is 2. The van der Waals surface area contributed by atoms with Crippen molar-refractivity contribution >= 4 is 11.8 Å². The summed E-state index contributed by atoms with van der Waals surface area (Å²) in [7, 11) is 0. The van der Waals surface area contributed by atoms with Crippen LogP contribution in [0.3, 0.4) is 0 Å². The van der Waals surface area contributed by atoms with E-state index in [0.717, 1.165) is 45.2 Å². The van der Waals surface area contributed by atoms with Crippen LogP contribution in [0.2, 0.25) is 0 Å². The molecule has 1 aromatic rings. The monoisotopic (exact) mass is 342 g/mol. The molecule has 1 heterocycles. The number of hydrogen-bond donors (Lipinski definition) is 1. The van der Waals surface area contributed by atoms with Crippen molar-refractivity contribution in [2.75, 3.05) is 13.1 Å². The molecule has 1 unspecified atom stereocenters. The molecule has 1 N–H and O–H groups in total. The highest BCUT2D eigenvalue weighted by molar-refractivity contribution is 5.83. The summed E-state index contributed by atoms with van der Waals surface area (Å²) in [6.07, 6.45) is 8.46. The molecule has 2 amide bonds. The zero-order chi connectivity index (χ0) is 17.5. The van der Waals surface area contributed by atoms with Gasteiger partial charge in [0.05, 0.1) is 0 Å². The molecular formula is C21H30N2O2. The first kappa shape index (κ1) is 18.0. The minimum absolute atomic E-state index is 0.0391. The number of nitrogens with one attached hydrogen (secondary N) is 1. The van der Waals surface area contributed by atoms with Gasteiger partial charge in [-0.05, 0) is 43.6 Å². The molecule has 1 saturated heterocycles. The summed E-state index contributed by atoms with van der Waals surface area (Å²) in [5.74, 6) is 0.720. The highest BCUT2D eigenvalue weighted by Crippen LogP contribution is 2.28. The van der Waals surface area contributed by atoms with E-state index in [1.165, 1.54) is 18.4 Å². The first-order valence-corrected chi connectivity index (χ1v) is 9.84. The Kier molecular flexibility index (Phi) is 6.48. The van der Waals surface area contributed by atoms with Gasteiger partial charge in [-0.3, -0.25) is 9.59 Å². The van der Waals surface area contributed by atoms with Crippen molar-refractivity contribution in [3.63, 3.8) is 0 Å². The SMILES string of the molecule is O=C(CCC(=O)N1CCCC(c2ccccc2)CC1)NC1CCCC1. The van der Waals surface area contributed by atoms with Crippen molar-refractivity contribution in [2.45, 2.75) is 69.7 Å². The van der Waals surface area contributed by atoms with E-state index in [9.17, 15) is 9.59 Å². The maximum absolute atomic E-state index is 12.5. The third-order valence-corrected chi connectivity index (χ3v) is 5.64. The van der Waals surface area contributed by atoms with Gasteiger partial charge in [-0.25, -0.2) is 0 Å². The fourth-order valence-electron chi connectivity index (χ4n) is 4.15. The summed E-state index contributed by atoms with van der Waals surface area (Å²) in [4.78, 5) is 26.5. The minimum atomic E-state index is 0.0391. The quantitative estimate of drug-likeness (QED) is 0.888. The highest BCUT2D eigenvalue weighted by atomic mass is 16.2. The normalized spacial score (nSPS) is 21.8. The minimum Gasteiger partial charge on any atom is -0.353 e. The molecule has 2 aliphatic rings. The van der Waals surface area contributed by atoms with Gasteiger partial charge >= 0.3 is 0 Å². The molecule has 0 radical (unpaired) electrons. The van der Waals surface area contributed by atoms with Crippen LogP contribution in [0, 0.1) is 0 Å². The van der Waals surface area contributed by atoms with Crippen LogP contribution in [0.15, 0.2) is 30.3 Å². The number of carbonyl (C=O) groups is 2. The average Bonchev–Trinajstić information content (AvgIpc) is 3.01.